The van der Waals surface area contributed by atoms with E-state index in [0.717, 1.165) is 18.6 Å². The van der Waals surface area contributed by atoms with Gasteiger partial charge in [-0.1, -0.05) is 12.1 Å². The van der Waals surface area contributed by atoms with Gasteiger partial charge in [-0.3, -0.25) is 0 Å². The van der Waals surface area contributed by atoms with Crippen molar-refractivity contribution in [2.45, 2.75) is 31.9 Å². The zero-order valence-electron chi connectivity index (χ0n) is 11.1. The van der Waals surface area contributed by atoms with Crippen molar-refractivity contribution < 1.29 is 14.3 Å². The Hall–Kier alpha value is -1.75. The largest absolute Gasteiger partial charge is 0.490 e. The number of hydrogen-bond acceptors (Lipinski definition) is 4. The molecule has 1 fully saturated rings. The Bertz CT molecular complexity index is 417. The summed E-state index contributed by atoms with van der Waals surface area (Å²) < 4.78 is 10.6. The lowest BCUT2D eigenvalue weighted by Crippen LogP contribution is -2.21. The van der Waals surface area contributed by atoms with Gasteiger partial charge in [-0.15, -0.1) is 0 Å². The molecule has 1 heterocycles. The first-order valence-electron chi connectivity index (χ1n) is 6.55. The fourth-order valence-electron chi connectivity index (χ4n) is 1.86. The number of aryl methyl sites for hydroxylation is 1. The van der Waals surface area contributed by atoms with Crippen LogP contribution in [-0.4, -0.2) is 31.4 Å². The van der Waals surface area contributed by atoms with E-state index in [0.29, 0.717) is 13.2 Å². The fraction of sp³-hybridized carbons (Fsp3) is 0.500. The van der Waals surface area contributed by atoms with Gasteiger partial charge >= 0.3 is 6.09 Å². The highest BCUT2D eigenvalue weighted by atomic mass is 16.6. The van der Waals surface area contributed by atoms with Crippen LogP contribution in [0.3, 0.4) is 0 Å². The van der Waals surface area contributed by atoms with Crippen molar-refractivity contribution in [1.82, 2.24) is 5.32 Å². The Morgan fingerprint density at radius 2 is 2.21 bits per heavy atom. The van der Waals surface area contributed by atoms with E-state index in [1.54, 1.807) is 0 Å². The van der Waals surface area contributed by atoms with Crippen LogP contribution in [0, 0.1) is 0 Å². The minimum absolute atomic E-state index is 0.203. The fourth-order valence-corrected chi connectivity index (χ4v) is 1.86. The maximum absolute atomic E-state index is 10.8. The van der Waals surface area contributed by atoms with E-state index < -0.39 is 0 Å². The van der Waals surface area contributed by atoms with Gasteiger partial charge in [0.15, 0.2) is 6.10 Å². The minimum atomic E-state index is -0.375. The number of hydrogen-bond donors (Lipinski definition) is 2. The third kappa shape index (κ3) is 4.44. The predicted octanol–water partition coefficient (Wildman–Crippen LogP) is 1.45. The van der Waals surface area contributed by atoms with Gasteiger partial charge in [0.25, 0.3) is 0 Å². The van der Waals surface area contributed by atoms with Gasteiger partial charge in [-0.05, 0) is 37.5 Å². The highest BCUT2D eigenvalue weighted by Gasteiger charge is 2.22. The molecule has 104 valence electrons. The third-order valence-electron chi connectivity index (χ3n) is 3.00. The lowest BCUT2D eigenvalue weighted by atomic mass is 10.1. The molecule has 0 radical (unpaired) electrons. The Labute approximate surface area is 113 Å². The summed E-state index contributed by atoms with van der Waals surface area (Å²) in [6, 6.07) is 8.16. The number of nitrogens with one attached hydrogen (secondary N) is 1. The van der Waals surface area contributed by atoms with Crippen LogP contribution >= 0.6 is 0 Å². The SMILES string of the molecule is CC(N)CCc1ccc(OCC2CNC(=O)O2)cc1. The van der Waals surface area contributed by atoms with Crippen molar-refractivity contribution in [3.05, 3.63) is 29.8 Å². The van der Waals surface area contributed by atoms with E-state index in [1.165, 1.54) is 5.56 Å². The zero-order chi connectivity index (χ0) is 13.7. The van der Waals surface area contributed by atoms with Crippen molar-refractivity contribution in [1.29, 1.82) is 0 Å². The lowest BCUT2D eigenvalue weighted by molar-refractivity contribution is 0.105. The lowest BCUT2D eigenvalue weighted by Gasteiger charge is -2.11. The van der Waals surface area contributed by atoms with Gasteiger partial charge in [-0.2, -0.15) is 0 Å². The summed E-state index contributed by atoms with van der Waals surface area (Å²) in [6.07, 6.45) is 1.37. The van der Waals surface area contributed by atoms with Crippen molar-refractivity contribution in [2.75, 3.05) is 13.2 Å². The van der Waals surface area contributed by atoms with E-state index in [2.05, 4.69) is 5.32 Å². The number of nitrogens with two attached hydrogens (primary N) is 1. The maximum Gasteiger partial charge on any atom is 0.407 e. The van der Waals surface area contributed by atoms with Crippen LogP contribution in [0.25, 0.3) is 0 Å². The van der Waals surface area contributed by atoms with E-state index in [4.69, 9.17) is 15.2 Å². The quantitative estimate of drug-likeness (QED) is 0.815. The van der Waals surface area contributed by atoms with Crippen LogP contribution in [0.2, 0.25) is 0 Å². The second kappa shape index (κ2) is 6.43. The molecule has 0 aliphatic carbocycles. The van der Waals surface area contributed by atoms with Gasteiger partial charge in [0.05, 0.1) is 6.54 Å². The van der Waals surface area contributed by atoms with Gasteiger partial charge in [0.2, 0.25) is 0 Å². The maximum atomic E-state index is 10.8. The van der Waals surface area contributed by atoms with Gasteiger partial charge in [-0.25, -0.2) is 4.79 Å². The second-order valence-electron chi connectivity index (χ2n) is 4.88. The molecule has 1 amide bonds. The van der Waals surface area contributed by atoms with Gasteiger partial charge < -0.3 is 20.5 Å². The molecule has 2 unspecified atom stereocenters. The first-order chi connectivity index (χ1) is 9.13. The van der Waals surface area contributed by atoms with Gasteiger partial charge in [0, 0.05) is 6.04 Å². The van der Waals surface area contributed by atoms with Crippen LogP contribution < -0.4 is 15.8 Å². The predicted molar refractivity (Wildman–Crippen MR) is 72.2 cm³/mol. The van der Waals surface area contributed by atoms with Crippen molar-refractivity contribution in [3.63, 3.8) is 0 Å². The smallest absolute Gasteiger partial charge is 0.407 e. The number of carbonyl (C=O) groups excluding carboxylic acids is 1. The van der Waals surface area contributed by atoms with Crippen LogP contribution in [0.1, 0.15) is 18.9 Å². The number of benzene rings is 1. The molecule has 5 heteroatoms. The third-order valence-corrected chi connectivity index (χ3v) is 3.00. The molecule has 1 aliphatic heterocycles. The number of ether oxygens (including phenoxy) is 2. The molecule has 1 saturated heterocycles. The number of amides is 1. The first kappa shape index (κ1) is 13.7. The van der Waals surface area contributed by atoms with E-state index >= 15 is 0 Å². The summed E-state index contributed by atoms with van der Waals surface area (Å²) in [5.74, 6) is 0.785. The van der Waals surface area contributed by atoms with Gasteiger partial charge in [0.1, 0.15) is 12.4 Å². The number of alkyl carbamates (subject to hydrolysis) is 1. The Morgan fingerprint density at radius 3 is 2.79 bits per heavy atom. The molecule has 5 nitrogen and oxygen atoms in total. The molecule has 0 spiro atoms. The Kier molecular flexibility index (Phi) is 4.63. The second-order valence-corrected chi connectivity index (χ2v) is 4.88. The molecule has 1 aromatic rings. The zero-order valence-corrected chi connectivity index (χ0v) is 11.1. The molecule has 0 aromatic heterocycles. The van der Waals surface area contributed by atoms with Crippen molar-refractivity contribution in [2.24, 2.45) is 5.73 Å². The van der Waals surface area contributed by atoms with E-state index in [-0.39, 0.29) is 18.2 Å². The first-order valence-corrected chi connectivity index (χ1v) is 6.55. The van der Waals surface area contributed by atoms with E-state index in [9.17, 15) is 4.79 Å². The highest BCUT2D eigenvalue weighted by molar-refractivity contribution is 5.69. The molecule has 1 aromatic carbocycles. The molecular formula is C14H20N2O3. The summed E-state index contributed by atoms with van der Waals surface area (Å²) in [5.41, 5.74) is 6.98. The summed E-state index contributed by atoms with van der Waals surface area (Å²) in [7, 11) is 0. The number of rotatable bonds is 6. The molecule has 2 rings (SSSR count). The average Bonchev–Trinajstić information content (AvgIpc) is 2.81. The van der Waals surface area contributed by atoms with Crippen LogP contribution in [0.15, 0.2) is 24.3 Å². The van der Waals surface area contributed by atoms with Crippen molar-refractivity contribution in [3.8, 4) is 5.75 Å². The summed E-state index contributed by atoms with van der Waals surface area (Å²) in [6.45, 7) is 2.89. The minimum Gasteiger partial charge on any atom is -0.490 e. The Morgan fingerprint density at radius 1 is 1.47 bits per heavy atom. The van der Waals surface area contributed by atoms with E-state index in [1.807, 2.05) is 31.2 Å². The molecule has 0 bridgehead atoms. The molecule has 2 atom stereocenters. The highest BCUT2D eigenvalue weighted by Crippen LogP contribution is 2.14. The summed E-state index contributed by atoms with van der Waals surface area (Å²) in [5, 5.41) is 2.59. The molecule has 19 heavy (non-hydrogen) atoms. The Balaban J connectivity index is 1.76. The normalized spacial score (nSPS) is 19.7. The molecular weight excluding hydrogens is 244 g/mol. The monoisotopic (exact) mass is 264 g/mol. The summed E-state index contributed by atoms with van der Waals surface area (Å²) >= 11 is 0. The van der Waals surface area contributed by atoms with Crippen molar-refractivity contribution >= 4 is 6.09 Å². The van der Waals surface area contributed by atoms with Crippen LogP contribution in [0.5, 0.6) is 5.75 Å². The topological polar surface area (TPSA) is 73.6 Å². The molecule has 0 saturated carbocycles. The number of cyclic esters (lactones) is 1. The van der Waals surface area contributed by atoms with Crippen LogP contribution in [0.4, 0.5) is 4.79 Å². The van der Waals surface area contributed by atoms with Crippen LogP contribution in [-0.2, 0) is 11.2 Å². The summed E-state index contributed by atoms with van der Waals surface area (Å²) in [4.78, 5) is 10.8. The molecule has 3 N–H and O–H groups in total. The standard InChI is InChI=1S/C14H20N2O3/c1-10(15)2-3-11-4-6-12(7-5-11)18-9-13-8-16-14(17)19-13/h4-7,10,13H,2-3,8-9,15H2,1H3,(H,16,17). The number of carbonyl (C=O) groups is 1. The molecule has 1 aliphatic rings. The average molecular weight is 264 g/mol.